The smallest absolute Gasteiger partial charge is 0.223 e. The molecular weight excluding hydrogens is 375 g/mol. The van der Waals surface area contributed by atoms with E-state index in [0.717, 1.165) is 38.8 Å². The lowest BCUT2D eigenvalue weighted by Gasteiger charge is -2.32. The van der Waals surface area contributed by atoms with Crippen LogP contribution in [0.25, 0.3) is 0 Å². The van der Waals surface area contributed by atoms with E-state index in [1.807, 2.05) is 18.2 Å². The molecule has 3 rings (SSSR count). The van der Waals surface area contributed by atoms with Gasteiger partial charge < -0.3 is 5.32 Å². The number of hydrogen-bond acceptors (Lipinski definition) is 2. The second-order valence-electron chi connectivity index (χ2n) is 7.68. The Hall–Kier alpha value is -1.91. The average Bonchev–Trinajstić information content (AvgIpc) is 2.70. The van der Waals surface area contributed by atoms with Gasteiger partial charge in [-0.2, -0.15) is 0 Å². The molecule has 1 aliphatic heterocycles. The van der Waals surface area contributed by atoms with Gasteiger partial charge in [0.2, 0.25) is 5.91 Å². The van der Waals surface area contributed by atoms with E-state index in [1.54, 1.807) is 12.1 Å². The number of aryl methyl sites for hydroxylation is 1. The monoisotopic (exact) mass is 402 g/mol. The molecule has 2 aromatic carbocycles. The number of nitrogens with zero attached hydrogens (tertiary/aromatic N) is 1. The first kappa shape index (κ1) is 20.8. The number of rotatable bonds is 7. The molecule has 1 saturated heterocycles. The number of likely N-dealkylation sites (tertiary alicyclic amines) is 1. The SMILES string of the molecule is C[C@@H](CCc1ccccc1)NC(=O)C1CCN(Cc2c(F)cccc2Cl)CC1. The summed E-state index contributed by atoms with van der Waals surface area (Å²) in [7, 11) is 0. The molecule has 1 heterocycles. The summed E-state index contributed by atoms with van der Waals surface area (Å²) >= 11 is 6.13. The maximum absolute atomic E-state index is 14.0. The Morgan fingerprint density at radius 1 is 1.18 bits per heavy atom. The van der Waals surface area contributed by atoms with Gasteiger partial charge in [0, 0.05) is 29.1 Å². The first-order chi connectivity index (χ1) is 13.5. The lowest BCUT2D eigenvalue weighted by molar-refractivity contribution is -0.127. The maximum atomic E-state index is 14.0. The Labute approximate surface area is 171 Å². The van der Waals surface area contributed by atoms with Gasteiger partial charge in [-0.15, -0.1) is 0 Å². The molecule has 28 heavy (non-hydrogen) atoms. The highest BCUT2D eigenvalue weighted by molar-refractivity contribution is 6.31. The van der Waals surface area contributed by atoms with E-state index in [4.69, 9.17) is 11.6 Å². The molecular formula is C23H28ClFN2O. The van der Waals surface area contributed by atoms with Crippen molar-refractivity contribution in [1.29, 1.82) is 0 Å². The molecule has 150 valence electrons. The predicted octanol–water partition coefficient (Wildman–Crippen LogP) is 4.83. The lowest BCUT2D eigenvalue weighted by atomic mass is 9.95. The minimum atomic E-state index is -0.264. The van der Waals surface area contributed by atoms with Crippen LogP contribution in [0.4, 0.5) is 4.39 Å². The van der Waals surface area contributed by atoms with E-state index in [1.165, 1.54) is 11.6 Å². The average molecular weight is 403 g/mol. The van der Waals surface area contributed by atoms with Crippen molar-refractivity contribution in [1.82, 2.24) is 10.2 Å². The molecule has 0 radical (unpaired) electrons. The molecule has 0 unspecified atom stereocenters. The first-order valence-electron chi connectivity index (χ1n) is 10.0. The van der Waals surface area contributed by atoms with Crippen LogP contribution in [0.15, 0.2) is 48.5 Å². The fourth-order valence-corrected chi connectivity index (χ4v) is 3.94. The summed E-state index contributed by atoms with van der Waals surface area (Å²) in [5, 5.41) is 3.63. The van der Waals surface area contributed by atoms with Crippen LogP contribution >= 0.6 is 11.6 Å². The molecule has 1 N–H and O–H groups in total. The molecule has 0 aromatic heterocycles. The van der Waals surface area contributed by atoms with Crippen LogP contribution in [0.1, 0.15) is 37.3 Å². The van der Waals surface area contributed by atoms with E-state index in [2.05, 4.69) is 29.3 Å². The first-order valence-corrected chi connectivity index (χ1v) is 10.4. The third-order valence-corrected chi connectivity index (χ3v) is 5.85. The third kappa shape index (κ3) is 5.79. The van der Waals surface area contributed by atoms with Gasteiger partial charge in [0.05, 0.1) is 0 Å². The summed E-state index contributed by atoms with van der Waals surface area (Å²) in [4.78, 5) is 14.8. The number of piperidine rings is 1. The van der Waals surface area contributed by atoms with E-state index in [9.17, 15) is 9.18 Å². The van der Waals surface area contributed by atoms with Crippen LogP contribution < -0.4 is 5.32 Å². The van der Waals surface area contributed by atoms with Crippen LogP contribution in [0, 0.1) is 11.7 Å². The number of benzene rings is 2. The van der Waals surface area contributed by atoms with Crippen molar-refractivity contribution in [3.8, 4) is 0 Å². The molecule has 1 amide bonds. The summed E-state index contributed by atoms with van der Waals surface area (Å²) in [6.45, 7) is 4.12. The van der Waals surface area contributed by atoms with Crippen LogP contribution in [0.2, 0.25) is 5.02 Å². The minimum absolute atomic E-state index is 0.0338. The number of carbonyl (C=O) groups excluding carboxylic acids is 1. The highest BCUT2D eigenvalue weighted by Gasteiger charge is 2.26. The van der Waals surface area contributed by atoms with E-state index in [-0.39, 0.29) is 23.7 Å². The summed E-state index contributed by atoms with van der Waals surface area (Å²) in [5.74, 6) is -0.0877. The van der Waals surface area contributed by atoms with Crippen molar-refractivity contribution in [3.05, 3.63) is 70.5 Å². The molecule has 0 saturated carbocycles. The van der Waals surface area contributed by atoms with Crippen LogP contribution in [-0.2, 0) is 17.8 Å². The quantitative estimate of drug-likeness (QED) is 0.719. The Morgan fingerprint density at radius 2 is 1.89 bits per heavy atom. The van der Waals surface area contributed by atoms with Crippen molar-refractivity contribution in [3.63, 3.8) is 0 Å². The van der Waals surface area contributed by atoms with Crippen LogP contribution in [-0.4, -0.2) is 29.9 Å². The molecule has 1 aliphatic rings. The van der Waals surface area contributed by atoms with E-state index < -0.39 is 0 Å². The number of carbonyl (C=O) groups is 1. The second kappa shape index (κ2) is 10.0. The maximum Gasteiger partial charge on any atom is 0.223 e. The summed E-state index contributed by atoms with van der Waals surface area (Å²) in [5.41, 5.74) is 1.84. The molecule has 1 atom stereocenters. The molecule has 1 fully saturated rings. The largest absolute Gasteiger partial charge is 0.353 e. The summed E-state index contributed by atoms with van der Waals surface area (Å²) in [6.07, 6.45) is 3.48. The van der Waals surface area contributed by atoms with Crippen molar-refractivity contribution in [2.75, 3.05) is 13.1 Å². The number of amides is 1. The molecule has 2 aromatic rings. The number of hydrogen-bond donors (Lipinski definition) is 1. The highest BCUT2D eigenvalue weighted by atomic mass is 35.5. The standard InChI is InChI=1S/C23H28ClFN2O/c1-17(10-11-18-6-3-2-4-7-18)26-23(28)19-12-14-27(15-13-19)16-20-21(24)8-5-9-22(20)25/h2-9,17,19H,10-16H2,1H3,(H,26,28)/t17-/m0/s1. The molecule has 0 bridgehead atoms. The van der Waals surface area contributed by atoms with Crippen molar-refractivity contribution >= 4 is 17.5 Å². The molecule has 0 aliphatic carbocycles. The van der Waals surface area contributed by atoms with Crippen molar-refractivity contribution < 1.29 is 9.18 Å². The molecule has 3 nitrogen and oxygen atoms in total. The fraction of sp³-hybridized carbons (Fsp3) is 0.435. The summed E-state index contributed by atoms with van der Waals surface area (Å²) < 4.78 is 14.0. The fourth-order valence-electron chi connectivity index (χ4n) is 3.72. The Kier molecular flexibility index (Phi) is 7.46. The third-order valence-electron chi connectivity index (χ3n) is 5.50. The Bertz CT molecular complexity index is 755. The van der Waals surface area contributed by atoms with Gasteiger partial charge in [-0.25, -0.2) is 4.39 Å². The van der Waals surface area contributed by atoms with Crippen molar-refractivity contribution in [2.45, 2.75) is 45.2 Å². The molecule has 5 heteroatoms. The lowest BCUT2D eigenvalue weighted by Crippen LogP contribution is -2.43. The number of nitrogens with one attached hydrogen (secondary N) is 1. The van der Waals surface area contributed by atoms with Gasteiger partial charge in [-0.05, 0) is 63.4 Å². The summed E-state index contributed by atoms with van der Waals surface area (Å²) in [6, 6.07) is 15.3. The zero-order valence-electron chi connectivity index (χ0n) is 16.3. The topological polar surface area (TPSA) is 32.3 Å². The van der Waals surface area contributed by atoms with Gasteiger partial charge in [0.1, 0.15) is 5.82 Å². The normalized spacial score (nSPS) is 16.7. The van der Waals surface area contributed by atoms with Gasteiger partial charge in [-0.1, -0.05) is 48.0 Å². The van der Waals surface area contributed by atoms with E-state index in [0.29, 0.717) is 17.1 Å². The second-order valence-corrected chi connectivity index (χ2v) is 8.09. The van der Waals surface area contributed by atoms with Crippen LogP contribution in [0.5, 0.6) is 0 Å². The van der Waals surface area contributed by atoms with Gasteiger partial charge in [-0.3, -0.25) is 9.69 Å². The van der Waals surface area contributed by atoms with Gasteiger partial charge in [0.25, 0.3) is 0 Å². The van der Waals surface area contributed by atoms with E-state index >= 15 is 0 Å². The Balaban J connectivity index is 1.42. The molecule has 0 spiro atoms. The Morgan fingerprint density at radius 3 is 2.57 bits per heavy atom. The minimum Gasteiger partial charge on any atom is -0.353 e. The van der Waals surface area contributed by atoms with Crippen LogP contribution in [0.3, 0.4) is 0 Å². The van der Waals surface area contributed by atoms with Gasteiger partial charge in [0.15, 0.2) is 0 Å². The highest BCUT2D eigenvalue weighted by Crippen LogP contribution is 2.24. The number of halogens is 2. The zero-order chi connectivity index (χ0) is 19.9. The van der Waals surface area contributed by atoms with Crippen molar-refractivity contribution in [2.24, 2.45) is 5.92 Å². The zero-order valence-corrected chi connectivity index (χ0v) is 17.1. The predicted molar refractivity (Wildman–Crippen MR) is 112 cm³/mol. The van der Waals surface area contributed by atoms with Gasteiger partial charge >= 0.3 is 0 Å².